The van der Waals surface area contributed by atoms with E-state index in [0.717, 1.165) is 28.6 Å². The van der Waals surface area contributed by atoms with Gasteiger partial charge in [-0.05, 0) is 17.7 Å². The molecule has 1 N–H and O–H groups in total. The highest BCUT2D eigenvalue weighted by Gasteiger charge is 2.32. The van der Waals surface area contributed by atoms with Gasteiger partial charge in [-0.3, -0.25) is 9.62 Å². The van der Waals surface area contributed by atoms with Gasteiger partial charge in [0.1, 0.15) is 5.01 Å². The highest BCUT2D eigenvalue weighted by atomic mass is 32.2. The number of benzene rings is 1. The van der Waals surface area contributed by atoms with Gasteiger partial charge < -0.3 is 4.90 Å². The monoisotopic (exact) mass is 514 g/mol. The number of halogens is 3. The number of piperazine rings is 1. The van der Waals surface area contributed by atoms with Crippen LogP contribution in [0.25, 0.3) is 10.6 Å². The summed E-state index contributed by atoms with van der Waals surface area (Å²) in [6, 6.07) is 4.69. The first-order valence-electron chi connectivity index (χ1n) is 10.1. The minimum atomic E-state index is -4.44. The lowest BCUT2D eigenvalue weighted by Gasteiger charge is -2.34. The Balaban J connectivity index is 1.42. The maximum Gasteiger partial charge on any atom is 0.416 e. The molecule has 1 aliphatic heterocycles. The van der Waals surface area contributed by atoms with Crippen LogP contribution in [0, 0.1) is 0 Å². The molecule has 1 aromatic carbocycles. The molecular weight excluding hydrogens is 493 g/mol. The third kappa shape index (κ3) is 5.74. The van der Waals surface area contributed by atoms with Gasteiger partial charge >= 0.3 is 12.2 Å². The summed E-state index contributed by atoms with van der Waals surface area (Å²) in [6.07, 6.45) is -0.519. The number of nitrogens with one attached hydrogen (secondary N) is 1. The van der Waals surface area contributed by atoms with Gasteiger partial charge in [0.25, 0.3) is 0 Å². The second kappa shape index (κ2) is 9.35. The summed E-state index contributed by atoms with van der Waals surface area (Å²) < 4.78 is 65.6. The van der Waals surface area contributed by atoms with Crippen LogP contribution in [0.2, 0.25) is 0 Å². The number of carbonyl (C=O) groups excluding carboxylic acids is 1. The van der Waals surface area contributed by atoms with Crippen molar-refractivity contribution in [3.05, 3.63) is 53.2 Å². The van der Waals surface area contributed by atoms with Crippen LogP contribution in [0.3, 0.4) is 0 Å². The molecule has 14 heteroatoms. The number of amides is 1. The quantitative estimate of drug-likeness (QED) is 0.562. The molecule has 0 atom stereocenters. The van der Waals surface area contributed by atoms with Gasteiger partial charge in [0, 0.05) is 62.1 Å². The largest absolute Gasteiger partial charge is 0.416 e. The van der Waals surface area contributed by atoms with Crippen LogP contribution in [-0.2, 0) is 22.7 Å². The summed E-state index contributed by atoms with van der Waals surface area (Å²) in [5.41, 5.74) is 0.456. The zero-order valence-corrected chi connectivity index (χ0v) is 19.6. The third-order valence-corrected chi connectivity index (χ3v) is 6.60. The number of sulfonamides is 1. The molecule has 182 valence electrons. The predicted octanol–water partition coefficient (Wildman–Crippen LogP) is 3.18. The fourth-order valence-corrected chi connectivity index (χ4v) is 4.78. The lowest BCUT2D eigenvalue weighted by molar-refractivity contribution is -0.137. The molecule has 1 amide bonds. The summed E-state index contributed by atoms with van der Waals surface area (Å²) in [4.78, 5) is 20.5. The highest BCUT2D eigenvalue weighted by Crippen LogP contribution is 2.35. The van der Waals surface area contributed by atoms with Crippen molar-refractivity contribution in [1.29, 1.82) is 0 Å². The Morgan fingerprint density at radius 3 is 2.53 bits per heavy atom. The normalized spacial score (nSPS) is 15.5. The fourth-order valence-electron chi connectivity index (χ4n) is 3.60. The molecule has 3 aromatic rings. The minimum Gasteiger partial charge on any atom is -0.320 e. The molecule has 0 bridgehead atoms. The van der Waals surface area contributed by atoms with Gasteiger partial charge in [0.2, 0.25) is 10.0 Å². The van der Waals surface area contributed by atoms with Crippen LogP contribution in [0.15, 0.2) is 42.0 Å². The van der Waals surface area contributed by atoms with E-state index in [1.165, 1.54) is 29.7 Å². The molecule has 1 aliphatic rings. The third-order valence-electron chi connectivity index (χ3n) is 5.21. The van der Waals surface area contributed by atoms with Crippen molar-refractivity contribution in [2.45, 2.75) is 12.7 Å². The predicted molar refractivity (Wildman–Crippen MR) is 121 cm³/mol. The lowest BCUT2D eigenvalue weighted by Crippen LogP contribution is -2.49. The van der Waals surface area contributed by atoms with Crippen molar-refractivity contribution in [3.63, 3.8) is 0 Å². The number of thiazole rings is 1. The molecule has 0 saturated carbocycles. The Morgan fingerprint density at radius 2 is 1.91 bits per heavy atom. The van der Waals surface area contributed by atoms with Crippen LogP contribution in [0.1, 0.15) is 11.1 Å². The van der Waals surface area contributed by atoms with E-state index in [0.29, 0.717) is 43.3 Å². The van der Waals surface area contributed by atoms with Crippen molar-refractivity contribution in [2.75, 3.05) is 37.2 Å². The van der Waals surface area contributed by atoms with Crippen molar-refractivity contribution in [2.24, 2.45) is 0 Å². The number of anilines is 1. The number of alkyl halides is 3. The van der Waals surface area contributed by atoms with E-state index in [1.807, 2.05) is 0 Å². The maximum atomic E-state index is 13.2. The summed E-state index contributed by atoms with van der Waals surface area (Å²) in [6.45, 7) is 2.22. The van der Waals surface area contributed by atoms with Crippen LogP contribution in [0.5, 0.6) is 0 Å². The summed E-state index contributed by atoms with van der Waals surface area (Å²) in [5.74, 6) is 0.0477. The summed E-state index contributed by atoms with van der Waals surface area (Å²) >= 11 is 1.28. The molecule has 0 aliphatic carbocycles. The van der Waals surface area contributed by atoms with Crippen LogP contribution in [0.4, 0.5) is 23.8 Å². The Labute approximate surface area is 197 Å². The van der Waals surface area contributed by atoms with E-state index in [2.05, 4.69) is 19.7 Å². The van der Waals surface area contributed by atoms with E-state index in [-0.39, 0.29) is 11.8 Å². The van der Waals surface area contributed by atoms with Gasteiger partial charge in [-0.25, -0.2) is 18.2 Å². The second-order valence-electron chi connectivity index (χ2n) is 7.77. The zero-order valence-electron chi connectivity index (χ0n) is 18.0. The van der Waals surface area contributed by atoms with E-state index < -0.39 is 21.8 Å². The van der Waals surface area contributed by atoms with Crippen molar-refractivity contribution in [3.8, 4) is 10.6 Å². The first-order chi connectivity index (χ1) is 16.0. The molecule has 0 spiro atoms. The molecule has 2 aromatic heterocycles. The number of carbonyl (C=O) groups is 1. The first kappa shape index (κ1) is 24.2. The summed E-state index contributed by atoms with van der Waals surface area (Å²) in [7, 11) is -3.51. The molecular formula is C20H21F3N6O3S2. The Hall–Kier alpha value is -2.97. The van der Waals surface area contributed by atoms with Gasteiger partial charge in [0.05, 0.1) is 11.8 Å². The molecule has 0 radical (unpaired) electrons. The van der Waals surface area contributed by atoms with Gasteiger partial charge in [-0.1, -0.05) is 6.07 Å². The van der Waals surface area contributed by atoms with Crippen molar-refractivity contribution in [1.82, 2.24) is 24.6 Å². The average Bonchev–Trinajstić information content (AvgIpc) is 3.44. The zero-order chi connectivity index (χ0) is 24.5. The second-order valence-corrected chi connectivity index (χ2v) is 10.4. The highest BCUT2D eigenvalue weighted by molar-refractivity contribution is 7.92. The topological polar surface area (TPSA) is 100 Å². The minimum absolute atomic E-state index is 0.0477. The smallest absolute Gasteiger partial charge is 0.320 e. The van der Waals surface area contributed by atoms with E-state index in [9.17, 15) is 26.4 Å². The number of aromatic nitrogens is 3. The molecule has 1 saturated heterocycles. The Bertz CT molecular complexity index is 1270. The fraction of sp³-hybridized carbons (Fsp3) is 0.350. The van der Waals surface area contributed by atoms with Gasteiger partial charge in [0.15, 0.2) is 5.82 Å². The van der Waals surface area contributed by atoms with Gasteiger partial charge in [-0.2, -0.15) is 17.9 Å². The molecule has 0 unspecified atom stereocenters. The lowest BCUT2D eigenvalue weighted by atomic mass is 10.0. The standard InChI is InChI=1S/C20H21F3N6O3S2/c1-34(31,32)26-17-4-6-29(25-17)19(30)28-9-7-27(8-10-28)13-14-2-3-15(20(21,22)23)12-16(14)18-24-5-11-33-18/h2-6,11-12H,7-10,13H2,1H3,(H,25,26). The van der Waals surface area contributed by atoms with Gasteiger partial charge in [-0.15, -0.1) is 16.4 Å². The van der Waals surface area contributed by atoms with Crippen LogP contribution < -0.4 is 4.72 Å². The number of nitrogens with zero attached hydrogens (tertiary/aromatic N) is 5. The number of hydrogen-bond donors (Lipinski definition) is 1. The van der Waals surface area contributed by atoms with E-state index in [1.54, 1.807) is 16.5 Å². The SMILES string of the molecule is CS(=O)(=O)Nc1ccn(C(=O)N2CCN(Cc3ccc(C(F)(F)F)cc3-c3nccs3)CC2)n1. The molecule has 4 rings (SSSR count). The number of rotatable bonds is 5. The van der Waals surface area contributed by atoms with Crippen LogP contribution in [-0.4, -0.2) is 71.4 Å². The Morgan fingerprint density at radius 1 is 1.18 bits per heavy atom. The maximum absolute atomic E-state index is 13.2. The van der Waals surface area contributed by atoms with E-state index >= 15 is 0 Å². The van der Waals surface area contributed by atoms with Crippen molar-refractivity contribution < 1.29 is 26.4 Å². The number of hydrogen-bond acceptors (Lipinski definition) is 7. The summed E-state index contributed by atoms with van der Waals surface area (Å²) in [5, 5.41) is 6.19. The molecule has 9 nitrogen and oxygen atoms in total. The van der Waals surface area contributed by atoms with E-state index in [4.69, 9.17) is 0 Å². The van der Waals surface area contributed by atoms with Crippen LogP contribution >= 0.6 is 11.3 Å². The first-order valence-corrected chi connectivity index (χ1v) is 12.9. The van der Waals surface area contributed by atoms with Crippen molar-refractivity contribution >= 4 is 33.2 Å². The molecule has 1 fully saturated rings. The average molecular weight is 515 g/mol. The molecule has 3 heterocycles. The molecule has 34 heavy (non-hydrogen) atoms. The Kier molecular flexibility index (Phi) is 6.64.